The topological polar surface area (TPSA) is 85.9 Å². The van der Waals surface area contributed by atoms with Gasteiger partial charge in [-0.1, -0.05) is 51.1 Å². The van der Waals surface area contributed by atoms with Gasteiger partial charge in [0, 0.05) is 0 Å². The van der Waals surface area contributed by atoms with Gasteiger partial charge >= 0.3 is 0 Å². The highest BCUT2D eigenvalue weighted by Crippen LogP contribution is 2.30. The molecule has 29 heavy (non-hydrogen) atoms. The van der Waals surface area contributed by atoms with Gasteiger partial charge in [0.05, 0.1) is 6.61 Å². The highest BCUT2D eigenvalue weighted by molar-refractivity contribution is 5.83. The van der Waals surface area contributed by atoms with Gasteiger partial charge in [-0.3, -0.25) is 20.4 Å². The molecule has 2 N–H and O–H groups in total. The lowest BCUT2D eigenvalue weighted by Gasteiger charge is -2.22. The van der Waals surface area contributed by atoms with Crippen LogP contribution in [0.1, 0.15) is 33.3 Å². The summed E-state index contributed by atoms with van der Waals surface area (Å²) in [5, 5.41) is 0. The van der Waals surface area contributed by atoms with E-state index in [4.69, 9.17) is 14.2 Å². The first-order valence-corrected chi connectivity index (χ1v) is 9.46. The molecule has 2 aromatic carbocycles. The standard InChI is InChI=1S/C22H28N2O5/c1-5-27-18-12-8-9-13-19(18)29-15-21(26)24-23-20(25)14-28-17-11-7-6-10-16(17)22(2,3)4/h6-13H,5,14-15H2,1-4H3,(H,23,25)(H,24,26). The van der Waals surface area contributed by atoms with Crippen LogP contribution in [-0.2, 0) is 15.0 Å². The molecule has 2 aromatic rings. The van der Waals surface area contributed by atoms with E-state index in [1.807, 2.05) is 37.3 Å². The minimum atomic E-state index is -0.500. The number of hydrazine groups is 1. The highest BCUT2D eigenvalue weighted by Gasteiger charge is 2.19. The molecule has 0 radical (unpaired) electrons. The van der Waals surface area contributed by atoms with Crippen molar-refractivity contribution in [1.82, 2.24) is 10.9 Å². The van der Waals surface area contributed by atoms with Gasteiger partial charge in [0.15, 0.2) is 24.7 Å². The van der Waals surface area contributed by atoms with Crippen LogP contribution in [0.2, 0.25) is 0 Å². The number of rotatable bonds is 8. The summed E-state index contributed by atoms with van der Waals surface area (Å²) >= 11 is 0. The van der Waals surface area contributed by atoms with E-state index in [1.54, 1.807) is 18.2 Å². The number of benzene rings is 2. The maximum Gasteiger partial charge on any atom is 0.276 e. The second kappa shape index (κ2) is 10.4. The molecule has 0 aliphatic heterocycles. The zero-order chi connectivity index (χ0) is 21.3. The molecule has 0 saturated carbocycles. The number of hydrogen-bond donors (Lipinski definition) is 2. The molecule has 0 bridgehead atoms. The molecule has 0 unspecified atom stereocenters. The fourth-order valence-electron chi connectivity index (χ4n) is 2.55. The van der Waals surface area contributed by atoms with Gasteiger partial charge in [-0.15, -0.1) is 0 Å². The molecule has 156 valence electrons. The van der Waals surface area contributed by atoms with Crippen LogP contribution in [0.3, 0.4) is 0 Å². The maximum absolute atomic E-state index is 12.0. The van der Waals surface area contributed by atoms with Crippen LogP contribution in [0.4, 0.5) is 0 Å². The number of ether oxygens (including phenoxy) is 3. The van der Waals surface area contributed by atoms with E-state index < -0.39 is 11.8 Å². The molecule has 2 amide bonds. The van der Waals surface area contributed by atoms with Crippen LogP contribution in [0, 0.1) is 0 Å². The molecule has 0 fully saturated rings. The third-order valence-corrected chi connectivity index (χ3v) is 3.90. The number of carbonyl (C=O) groups is 2. The zero-order valence-electron chi connectivity index (χ0n) is 17.3. The zero-order valence-corrected chi connectivity index (χ0v) is 17.3. The lowest BCUT2D eigenvalue weighted by molar-refractivity contribution is -0.131. The molecule has 0 saturated heterocycles. The van der Waals surface area contributed by atoms with Crippen molar-refractivity contribution in [2.75, 3.05) is 19.8 Å². The van der Waals surface area contributed by atoms with Crippen molar-refractivity contribution < 1.29 is 23.8 Å². The number of carbonyl (C=O) groups excluding carboxylic acids is 2. The normalized spacial score (nSPS) is 10.8. The Balaban J connectivity index is 1.78. The Bertz CT molecular complexity index is 830. The van der Waals surface area contributed by atoms with Crippen LogP contribution < -0.4 is 25.1 Å². The van der Waals surface area contributed by atoms with E-state index >= 15 is 0 Å². The fraction of sp³-hybridized carbons (Fsp3) is 0.364. The molecule has 0 heterocycles. The van der Waals surface area contributed by atoms with E-state index in [0.29, 0.717) is 23.9 Å². The Hall–Kier alpha value is -3.22. The Labute approximate surface area is 171 Å². The van der Waals surface area contributed by atoms with E-state index in [2.05, 4.69) is 31.6 Å². The SMILES string of the molecule is CCOc1ccccc1OCC(=O)NNC(=O)COc1ccccc1C(C)(C)C. The highest BCUT2D eigenvalue weighted by atomic mass is 16.5. The van der Waals surface area contributed by atoms with Gasteiger partial charge in [-0.25, -0.2) is 0 Å². The van der Waals surface area contributed by atoms with Crippen molar-refractivity contribution in [1.29, 1.82) is 0 Å². The molecule has 7 nitrogen and oxygen atoms in total. The first-order chi connectivity index (χ1) is 13.8. The van der Waals surface area contributed by atoms with Crippen LogP contribution in [0.25, 0.3) is 0 Å². The molecule has 0 atom stereocenters. The average Bonchev–Trinajstić information content (AvgIpc) is 2.70. The lowest BCUT2D eigenvalue weighted by Crippen LogP contribution is -2.45. The van der Waals surface area contributed by atoms with E-state index in [-0.39, 0.29) is 18.6 Å². The second-order valence-corrected chi connectivity index (χ2v) is 7.30. The third kappa shape index (κ3) is 7.03. The Morgan fingerprint density at radius 1 is 0.759 bits per heavy atom. The molecular weight excluding hydrogens is 372 g/mol. The summed E-state index contributed by atoms with van der Waals surface area (Å²) in [6, 6.07) is 14.6. The van der Waals surface area contributed by atoms with E-state index in [0.717, 1.165) is 5.56 Å². The van der Waals surface area contributed by atoms with Crippen molar-refractivity contribution in [3.63, 3.8) is 0 Å². The predicted molar refractivity (Wildman–Crippen MR) is 110 cm³/mol. The number of hydrogen-bond acceptors (Lipinski definition) is 5. The summed E-state index contributed by atoms with van der Waals surface area (Å²) in [5.41, 5.74) is 5.50. The first-order valence-electron chi connectivity index (χ1n) is 9.46. The van der Waals surface area contributed by atoms with Crippen molar-refractivity contribution in [2.24, 2.45) is 0 Å². The van der Waals surface area contributed by atoms with Gasteiger partial charge in [-0.05, 0) is 36.1 Å². The molecule has 2 rings (SSSR count). The Morgan fingerprint density at radius 2 is 1.21 bits per heavy atom. The van der Waals surface area contributed by atoms with Crippen molar-refractivity contribution >= 4 is 11.8 Å². The van der Waals surface area contributed by atoms with E-state index in [1.165, 1.54) is 0 Å². The van der Waals surface area contributed by atoms with Crippen molar-refractivity contribution in [2.45, 2.75) is 33.1 Å². The van der Waals surface area contributed by atoms with Crippen LogP contribution in [0.5, 0.6) is 17.2 Å². The first kappa shape index (κ1) is 22.1. The van der Waals surface area contributed by atoms with Gasteiger partial charge in [-0.2, -0.15) is 0 Å². The molecule has 0 aromatic heterocycles. The molecule has 0 aliphatic carbocycles. The Kier molecular flexibility index (Phi) is 7.88. The predicted octanol–water partition coefficient (Wildman–Crippen LogP) is 2.99. The summed E-state index contributed by atoms with van der Waals surface area (Å²) in [6.45, 7) is 8.07. The summed E-state index contributed by atoms with van der Waals surface area (Å²) in [6.07, 6.45) is 0. The fourth-order valence-corrected chi connectivity index (χ4v) is 2.55. The lowest BCUT2D eigenvalue weighted by atomic mass is 9.86. The maximum atomic E-state index is 12.0. The summed E-state index contributed by atoms with van der Waals surface area (Å²) in [4.78, 5) is 23.9. The van der Waals surface area contributed by atoms with Gasteiger partial charge in [0.1, 0.15) is 5.75 Å². The van der Waals surface area contributed by atoms with Crippen LogP contribution in [-0.4, -0.2) is 31.6 Å². The van der Waals surface area contributed by atoms with Crippen LogP contribution >= 0.6 is 0 Å². The van der Waals surface area contributed by atoms with Crippen molar-refractivity contribution in [3.8, 4) is 17.2 Å². The van der Waals surface area contributed by atoms with Crippen molar-refractivity contribution in [3.05, 3.63) is 54.1 Å². The number of para-hydroxylation sites is 3. The third-order valence-electron chi connectivity index (χ3n) is 3.90. The molecule has 7 heteroatoms. The minimum absolute atomic E-state index is 0.115. The number of nitrogens with one attached hydrogen (secondary N) is 2. The average molecular weight is 400 g/mol. The quantitative estimate of drug-likeness (QED) is 0.666. The van der Waals surface area contributed by atoms with Gasteiger partial charge in [0.2, 0.25) is 0 Å². The van der Waals surface area contributed by atoms with Gasteiger partial charge in [0.25, 0.3) is 11.8 Å². The molecule has 0 aliphatic rings. The largest absolute Gasteiger partial charge is 0.490 e. The smallest absolute Gasteiger partial charge is 0.276 e. The summed E-state index contributed by atoms with van der Waals surface area (Å²) in [7, 11) is 0. The minimum Gasteiger partial charge on any atom is -0.490 e. The van der Waals surface area contributed by atoms with Gasteiger partial charge < -0.3 is 14.2 Å². The monoisotopic (exact) mass is 400 g/mol. The van der Waals surface area contributed by atoms with Crippen LogP contribution in [0.15, 0.2) is 48.5 Å². The molecule has 0 spiro atoms. The summed E-state index contributed by atoms with van der Waals surface area (Å²) < 4.78 is 16.5. The Morgan fingerprint density at radius 3 is 1.72 bits per heavy atom. The molecular formula is C22H28N2O5. The van der Waals surface area contributed by atoms with E-state index in [9.17, 15) is 9.59 Å². The number of amides is 2. The summed E-state index contributed by atoms with van der Waals surface area (Å²) in [5.74, 6) is 0.671. The second-order valence-electron chi connectivity index (χ2n) is 7.30.